The first-order chi connectivity index (χ1) is 11.3. The third-order valence-electron chi connectivity index (χ3n) is 3.13. The van der Waals surface area contributed by atoms with E-state index in [1.807, 2.05) is 6.92 Å². The van der Waals surface area contributed by atoms with E-state index in [2.05, 4.69) is 43.0 Å². The van der Waals surface area contributed by atoms with Gasteiger partial charge in [-0.15, -0.1) is 6.42 Å². The maximum atomic E-state index is 11.7. The lowest BCUT2D eigenvalue weighted by molar-refractivity contribution is -0.142. The van der Waals surface area contributed by atoms with E-state index >= 15 is 0 Å². The number of carbonyl (C=O) groups excluding carboxylic acids is 1. The van der Waals surface area contributed by atoms with Crippen molar-refractivity contribution in [1.29, 1.82) is 0 Å². The molecule has 0 aromatic heterocycles. The van der Waals surface area contributed by atoms with Crippen LogP contribution in [-0.2, 0) is 20.7 Å². The number of hydrogen-bond acceptors (Lipinski definition) is 5. The molecule has 132 valence electrons. The summed E-state index contributed by atoms with van der Waals surface area (Å²) < 4.78 is 4.92. The van der Waals surface area contributed by atoms with Gasteiger partial charge in [-0.05, 0) is 38.3 Å². The van der Waals surface area contributed by atoms with Crippen molar-refractivity contribution < 1.29 is 19.4 Å². The highest BCUT2D eigenvalue weighted by atomic mass is 16.5. The van der Waals surface area contributed by atoms with Crippen molar-refractivity contribution in [2.45, 2.75) is 40.2 Å². The number of aliphatic carboxylic acids is 1. The highest BCUT2D eigenvalue weighted by molar-refractivity contribution is 5.80. The molecule has 0 spiro atoms. The number of benzene rings is 1. The molecule has 0 radical (unpaired) electrons. The van der Waals surface area contributed by atoms with Crippen LogP contribution in [0.25, 0.3) is 0 Å². The van der Waals surface area contributed by atoms with Crippen LogP contribution in [0.2, 0.25) is 0 Å². The van der Waals surface area contributed by atoms with Crippen LogP contribution in [0.1, 0.15) is 30.5 Å². The van der Waals surface area contributed by atoms with E-state index in [1.165, 1.54) is 11.1 Å². The van der Waals surface area contributed by atoms with Gasteiger partial charge in [0, 0.05) is 5.69 Å². The molecule has 0 heterocycles. The van der Waals surface area contributed by atoms with Gasteiger partial charge in [0.05, 0.1) is 6.54 Å². The van der Waals surface area contributed by atoms with Crippen LogP contribution in [0, 0.1) is 26.2 Å². The van der Waals surface area contributed by atoms with Crippen molar-refractivity contribution >= 4 is 17.6 Å². The molecule has 0 saturated heterocycles. The fourth-order valence-electron chi connectivity index (χ4n) is 2.05. The minimum atomic E-state index is -0.968. The van der Waals surface area contributed by atoms with Gasteiger partial charge in [0.2, 0.25) is 0 Å². The van der Waals surface area contributed by atoms with Crippen LogP contribution < -0.4 is 11.1 Å². The molecule has 0 amide bonds. The summed E-state index contributed by atoms with van der Waals surface area (Å²) in [7, 11) is 0. The summed E-state index contributed by atoms with van der Waals surface area (Å²) in [5.41, 5.74) is 9.14. The number of carboxylic acids is 1. The molecule has 0 aliphatic rings. The van der Waals surface area contributed by atoms with Crippen LogP contribution in [-0.4, -0.2) is 36.2 Å². The van der Waals surface area contributed by atoms with Crippen LogP contribution in [0.3, 0.4) is 0 Å². The Labute approximate surface area is 143 Å². The summed E-state index contributed by atoms with van der Waals surface area (Å²) in [5.74, 6) is 0.987. The Morgan fingerprint density at radius 3 is 2.46 bits per heavy atom. The predicted octanol–water partition coefficient (Wildman–Crippen LogP) is 1.87. The number of terminal acetylenes is 1. The molecular formula is C18H26N2O4. The Hall–Kier alpha value is -2.52. The van der Waals surface area contributed by atoms with E-state index < -0.39 is 12.0 Å². The van der Waals surface area contributed by atoms with E-state index in [1.54, 1.807) is 6.92 Å². The Balaban J connectivity index is 0.000000922. The van der Waals surface area contributed by atoms with E-state index in [4.69, 9.17) is 16.3 Å². The molecule has 1 aromatic carbocycles. The van der Waals surface area contributed by atoms with Gasteiger partial charge in [-0.3, -0.25) is 4.79 Å². The first kappa shape index (κ1) is 21.5. The maximum Gasteiger partial charge on any atom is 0.329 e. The zero-order valence-corrected chi connectivity index (χ0v) is 14.7. The van der Waals surface area contributed by atoms with Gasteiger partial charge in [-0.25, -0.2) is 4.79 Å². The molecule has 6 nitrogen and oxygen atoms in total. The molecule has 1 aromatic rings. The Morgan fingerprint density at radius 1 is 1.42 bits per heavy atom. The fourth-order valence-corrected chi connectivity index (χ4v) is 2.05. The number of esters is 1. The van der Waals surface area contributed by atoms with Gasteiger partial charge < -0.3 is 20.9 Å². The number of nitrogens with one attached hydrogen (secondary N) is 1. The molecule has 24 heavy (non-hydrogen) atoms. The van der Waals surface area contributed by atoms with Gasteiger partial charge in [-0.1, -0.05) is 30.5 Å². The fraction of sp³-hybridized carbons (Fsp3) is 0.444. The molecule has 0 unspecified atom stereocenters. The zero-order chi connectivity index (χ0) is 18.7. The maximum absolute atomic E-state index is 11.7. The minimum Gasteiger partial charge on any atom is -0.480 e. The molecule has 0 fully saturated rings. The summed E-state index contributed by atoms with van der Waals surface area (Å²) in [4.78, 5) is 20.9. The van der Waals surface area contributed by atoms with Gasteiger partial charge in [-0.2, -0.15) is 0 Å². The summed E-state index contributed by atoms with van der Waals surface area (Å²) >= 11 is 0. The van der Waals surface area contributed by atoms with Crippen LogP contribution in [0.5, 0.6) is 0 Å². The molecular weight excluding hydrogens is 308 g/mol. The smallest absolute Gasteiger partial charge is 0.329 e. The lowest BCUT2D eigenvalue weighted by atomic mass is 10.0. The monoisotopic (exact) mass is 334 g/mol. The average Bonchev–Trinajstić information content (AvgIpc) is 2.54. The minimum absolute atomic E-state index is 0.0123. The van der Waals surface area contributed by atoms with E-state index in [-0.39, 0.29) is 19.1 Å². The average molecular weight is 334 g/mol. The normalized spacial score (nSPS) is 10.7. The highest BCUT2D eigenvalue weighted by Gasteiger charge is 2.16. The molecule has 1 atom stereocenters. The van der Waals surface area contributed by atoms with Crippen molar-refractivity contribution in [2.24, 2.45) is 5.73 Å². The molecule has 4 N–H and O–H groups in total. The van der Waals surface area contributed by atoms with E-state index in [0.29, 0.717) is 0 Å². The number of nitrogens with two attached hydrogens (primary N) is 1. The van der Waals surface area contributed by atoms with Crippen molar-refractivity contribution in [2.75, 3.05) is 18.5 Å². The Morgan fingerprint density at radius 2 is 2.00 bits per heavy atom. The van der Waals surface area contributed by atoms with Gasteiger partial charge in [0.15, 0.2) is 6.61 Å². The van der Waals surface area contributed by atoms with Gasteiger partial charge in [0.25, 0.3) is 0 Å². The third-order valence-corrected chi connectivity index (χ3v) is 3.13. The van der Waals surface area contributed by atoms with Crippen LogP contribution in [0.4, 0.5) is 5.69 Å². The Bertz CT molecular complexity index is 606. The van der Waals surface area contributed by atoms with Crippen molar-refractivity contribution in [1.82, 2.24) is 0 Å². The number of rotatable bonds is 6. The zero-order valence-electron chi connectivity index (χ0n) is 14.7. The van der Waals surface area contributed by atoms with E-state index in [9.17, 15) is 9.59 Å². The molecule has 0 saturated carbocycles. The summed E-state index contributed by atoms with van der Waals surface area (Å²) in [6.45, 7) is 7.71. The summed E-state index contributed by atoms with van der Waals surface area (Å²) in [6, 6.07) is 3.82. The molecule has 0 aliphatic carbocycles. The molecule has 0 bridgehead atoms. The topological polar surface area (TPSA) is 102 Å². The standard InChI is InChI=1S/C16H21NO2.C2H5NO2/c1-6-8-19-16(18)13(5)17-15-12(4)9-11(3)10-14(15)7-2;3-1-2(4)5/h1,9-10,13,17H,7-8H2,2-5H3;1,3H2,(H,4,5)/t13-;/m0./s1. The second kappa shape index (κ2) is 11.1. The number of aryl methyl sites for hydroxylation is 3. The number of carboxylic acid groups (broad SMARTS) is 1. The molecule has 1 rings (SSSR count). The quantitative estimate of drug-likeness (QED) is 0.542. The number of anilines is 1. The highest BCUT2D eigenvalue weighted by Crippen LogP contribution is 2.24. The predicted molar refractivity (Wildman–Crippen MR) is 94.9 cm³/mol. The molecule has 0 aliphatic heterocycles. The lowest BCUT2D eigenvalue weighted by Gasteiger charge is -2.19. The Kier molecular flexibility index (Phi) is 9.92. The third kappa shape index (κ3) is 7.65. The van der Waals surface area contributed by atoms with E-state index in [0.717, 1.165) is 17.7 Å². The number of carbonyl (C=O) groups is 2. The SMILES string of the molecule is C#CCOC(=O)[C@H](C)Nc1c(C)cc(C)cc1CC.NCC(=O)O. The first-order valence-corrected chi connectivity index (χ1v) is 7.65. The van der Waals surface area contributed by atoms with Crippen molar-refractivity contribution in [3.63, 3.8) is 0 Å². The first-order valence-electron chi connectivity index (χ1n) is 7.65. The second-order valence-corrected chi connectivity index (χ2v) is 5.25. The van der Waals surface area contributed by atoms with Gasteiger partial charge >= 0.3 is 11.9 Å². The summed E-state index contributed by atoms with van der Waals surface area (Å²) in [5, 5.41) is 10.8. The summed E-state index contributed by atoms with van der Waals surface area (Å²) in [6.07, 6.45) is 5.98. The number of hydrogen-bond donors (Lipinski definition) is 3. The van der Waals surface area contributed by atoms with Crippen LogP contribution >= 0.6 is 0 Å². The van der Waals surface area contributed by atoms with Crippen molar-refractivity contribution in [3.8, 4) is 12.3 Å². The number of ether oxygens (including phenoxy) is 1. The lowest BCUT2D eigenvalue weighted by Crippen LogP contribution is -2.29. The van der Waals surface area contributed by atoms with Crippen molar-refractivity contribution in [3.05, 3.63) is 28.8 Å². The second-order valence-electron chi connectivity index (χ2n) is 5.25. The molecule has 6 heteroatoms. The largest absolute Gasteiger partial charge is 0.480 e. The van der Waals surface area contributed by atoms with Gasteiger partial charge in [0.1, 0.15) is 6.04 Å². The van der Waals surface area contributed by atoms with Crippen LogP contribution in [0.15, 0.2) is 12.1 Å².